The maximum atomic E-state index is 12.8. The molecule has 0 amide bonds. The van der Waals surface area contributed by atoms with Crippen LogP contribution < -0.4 is 4.74 Å². The molecule has 0 saturated heterocycles. The predicted octanol–water partition coefficient (Wildman–Crippen LogP) is 4.49. The SMILES string of the molecule is COc1cc(Cl)cc(C(F)(F)F)c1C(C)C. The van der Waals surface area contributed by atoms with Crippen LogP contribution in [-0.2, 0) is 6.18 Å². The molecule has 1 aromatic rings. The monoisotopic (exact) mass is 252 g/mol. The van der Waals surface area contributed by atoms with Crippen molar-refractivity contribution in [1.82, 2.24) is 0 Å². The van der Waals surface area contributed by atoms with E-state index >= 15 is 0 Å². The number of benzene rings is 1. The molecule has 0 atom stereocenters. The molecule has 0 unspecified atom stereocenters. The highest BCUT2D eigenvalue weighted by Gasteiger charge is 2.36. The quantitative estimate of drug-likeness (QED) is 0.753. The minimum absolute atomic E-state index is 0.0218. The second-order valence-electron chi connectivity index (χ2n) is 3.72. The third-order valence-electron chi connectivity index (χ3n) is 2.21. The van der Waals surface area contributed by atoms with Crippen LogP contribution in [0.5, 0.6) is 5.75 Å². The smallest absolute Gasteiger partial charge is 0.416 e. The minimum Gasteiger partial charge on any atom is -0.496 e. The lowest BCUT2D eigenvalue weighted by Gasteiger charge is -2.19. The normalized spacial score (nSPS) is 12.0. The molecule has 0 aromatic heterocycles. The lowest BCUT2D eigenvalue weighted by Crippen LogP contribution is -2.11. The summed E-state index contributed by atoms with van der Waals surface area (Å²) in [4.78, 5) is 0. The van der Waals surface area contributed by atoms with Gasteiger partial charge in [0.05, 0.1) is 12.7 Å². The number of halogens is 4. The molecule has 90 valence electrons. The van der Waals surface area contributed by atoms with E-state index in [4.69, 9.17) is 16.3 Å². The summed E-state index contributed by atoms with van der Waals surface area (Å²) in [6.07, 6.45) is -4.42. The van der Waals surface area contributed by atoms with Gasteiger partial charge in [-0.15, -0.1) is 0 Å². The average Bonchev–Trinajstić information content (AvgIpc) is 2.14. The third-order valence-corrected chi connectivity index (χ3v) is 2.43. The standard InChI is InChI=1S/C11H12ClF3O/c1-6(2)10-8(11(13,14)15)4-7(12)5-9(10)16-3/h4-6H,1-3H3. The number of methoxy groups -OCH3 is 1. The second-order valence-corrected chi connectivity index (χ2v) is 4.16. The number of alkyl halides is 3. The van der Waals surface area contributed by atoms with E-state index in [9.17, 15) is 13.2 Å². The maximum absolute atomic E-state index is 12.8. The van der Waals surface area contributed by atoms with E-state index in [1.807, 2.05) is 0 Å². The molecule has 0 N–H and O–H groups in total. The molecular weight excluding hydrogens is 241 g/mol. The molecule has 5 heteroatoms. The van der Waals surface area contributed by atoms with Crippen molar-refractivity contribution in [3.8, 4) is 5.75 Å². The molecule has 0 aliphatic rings. The zero-order valence-corrected chi connectivity index (χ0v) is 9.91. The van der Waals surface area contributed by atoms with Crippen LogP contribution in [0.1, 0.15) is 30.9 Å². The van der Waals surface area contributed by atoms with Crippen LogP contribution in [0.2, 0.25) is 5.02 Å². The fourth-order valence-corrected chi connectivity index (χ4v) is 1.80. The highest BCUT2D eigenvalue weighted by molar-refractivity contribution is 6.30. The molecule has 0 saturated carbocycles. The Morgan fingerprint density at radius 1 is 1.25 bits per heavy atom. The van der Waals surface area contributed by atoms with Gasteiger partial charge >= 0.3 is 6.18 Å². The number of hydrogen-bond acceptors (Lipinski definition) is 1. The molecule has 1 nitrogen and oxygen atoms in total. The fraction of sp³-hybridized carbons (Fsp3) is 0.455. The Morgan fingerprint density at radius 2 is 1.81 bits per heavy atom. The Bertz CT molecular complexity index is 386. The van der Waals surface area contributed by atoms with Gasteiger partial charge in [0.1, 0.15) is 5.75 Å². The van der Waals surface area contributed by atoms with E-state index in [-0.39, 0.29) is 22.3 Å². The van der Waals surface area contributed by atoms with Gasteiger partial charge in [-0.3, -0.25) is 0 Å². The summed E-state index contributed by atoms with van der Waals surface area (Å²) in [7, 11) is 1.33. The molecule has 0 heterocycles. The molecule has 0 radical (unpaired) electrons. The van der Waals surface area contributed by atoms with Crippen molar-refractivity contribution in [3.05, 3.63) is 28.3 Å². The van der Waals surface area contributed by atoms with Gasteiger partial charge in [-0.1, -0.05) is 25.4 Å². The Kier molecular flexibility index (Phi) is 3.73. The summed E-state index contributed by atoms with van der Waals surface area (Å²) < 4.78 is 43.3. The summed E-state index contributed by atoms with van der Waals surface area (Å²) >= 11 is 5.63. The van der Waals surface area contributed by atoms with E-state index in [1.165, 1.54) is 13.2 Å². The van der Waals surface area contributed by atoms with Crippen LogP contribution in [0.4, 0.5) is 13.2 Å². The van der Waals surface area contributed by atoms with Crippen molar-refractivity contribution in [3.63, 3.8) is 0 Å². The third kappa shape index (κ3) is 2.61. The van der Waals surface area contributed by atoms with Gasteiger partial charge in [-0.2, -0.15) is 13.2 Å². The summed E-state index contributed by atoms with van der Waals surface area (Å²) in [5.41, 5.74) is -0.591. The van der Waals surface area contributed by atoms with Crippen LogP contribution in [-0.4, -0.2) is 7.11 Å². The first-order valence-electron chi connectivity index (χ1n) is 4.72. The Balaban J connectivity index is 3.51. The summed E-state index contributed by atoms with van der Waals surface area (Å²) in [5, 5.41) is 0.0218. The first-order chi connectivity index (χ1) is 7.27. The summed E-state index contributed by atoms with van der Waals surface area (Å²) in [6.45, 7) is 3.36. The number of hydrogen-bond donors (Lipinski definition) is 0. The Labute approximate surface area is 97.2 Å². The van der Waals surface area contributed by atoms with Crippen molar-refractivity contribution in [2.24, 2.45) is 0 Å². The molecule has 0 aliphatic heterocycles. The molecule has 1 rings (SSSR count). The second kappa shape index (κ2) is 4.53. The molecule has 0 aliphatic carbocycles. The highest BCUT2D eigenvalue weighted by atomic mass is 35.5. The van der Waals surface area contributed by atoms with Crippen molar-refractivity contribution in [2.45, 2.75) is 25.9 Å². The van der Waals surface area contributed by atoms with Crippen LogP contribution in [0, 0.1) is 0 Å². The molecule has 0 bridgehead atoms. The molecular formula is C11H12ClF3O. The van der Waals surface area contributed by atoms with E-state index in [1.54, 1.807) is 13.8 Å². The Hall–Kier alpha value is -0.900. The van der Waals surface area contributed by atoms with Gasteiger partial charge in [0.15, 0.2) is 0 Å². The van der Waals surface area contributed by atoms with Crippen LogP contribution >= 0.6 is 11.6 Å². The summed E-state index contributed by atoms with van der Waals surface area (Å²) in [5.74, 6) is -0.112. The number of rotatable bonds is 2. The van der Waals surface area contributed by atoms with Crippen molar-refractivity contribution < 1.29 is 17.9 Å². The van der Waals surface area contributed by atoms with E-state index < -0.39 is 11.7 Å². The molecule has 1 aromatic carbocycles. The average molecular weight is 253 g/mol. The fourth-order valence-electron chi connectivity index (χ4n) is 1.59. The first-order valence-corrected chi connectivity index (χ1v) is 5.09. The summed E-state index contributed by atoms with van der Waals surface area (Å²) in [6, 6.07) is 2.32. The first kappa shape index (κ1) is 13.2. The Morgan fingerprint density at radius 3 is 2.19 bits per heavy atom. The molecule has 16 heavy (non-hydrogen) atoms. The van der Waals surface area contributed by atoms with E-state index in [0.717, 1.165) is 6.07 Å². The van der Waals surface area contributed by atoms with Gasteiger partial charge in [0.2, 0.25) is 0 Å². The van der Waals surface area contributed by atoms with Gasteiger partial charge in [-0.05, 0) is 18.1 Å². The van der Waals surface area contributed by atoms with Crippen molar-refractivity contribution >= 4 is 11.6 Å². The van der Waals surface area contributed by atoms with E-state index in [0.29, 0.717) is 0 Å². The predicted molar refractivity (Wildman–Crippen MR) is 57.1 cm³/mol. The van der Waals surface area contributed by atoms with E-state index in [2.05, 4.69) is 0 Å². The van der Waals surface area contributed by atoms with Crippen LogP contribution in [0.3, 0.4) is 0 Å². The minimum atomic E-state index is -4.42. The maximum Gasteiger partial charge on any atom is 0.416 e. The lowest BCUT2D eigenvalue weighted by molar-refractivity contribution is -0.138. The van der Waals surface area contributed by atoms with Crippen molar-refractivity contribution in [2.75, 3.05) is 7.11 Å². The van der Waals surface area contributed by atoms with Gasteiger partial charge in [0, 0.05) is 10.6 Å². The highest BCUT2D eigenvalue weighted by Crippen LogP contribution is 2.41. The van der Waals surface area contributed by atoms with Crippen LogP contribution in [0.15, 0.2) is 12.1 Å². The largest absolute Gasteiger partial charge is 0.496 e. The zero-order valence-electron chi connectivity index (χ0n) is 9.15. The molecule has 0 fully saturated rings. The lowest BCUT2D eigenvalue weighted by atomic mass is 9.95. The number of ether oxygens (including phenoxy) is 1. The zero-order chi connectivity index (χ0) is 12.5. The van der Waals surface area contributed by atoms with Crippen LogP contribution in [0.25, 0.3) is 0 Å². The van der Waals surface area contributed by atoms with Gasteiger partial charge < -0.3 is 4.74 Å². The molecule has 0 spiro atoms. The topological polar surface area (TPSA) is 9.23 Å². The van der Waals surface area contributed by atoms with Gasteiger partial charge in [0.25, 0.3) is 0 Å². The van der Waals surface area contributed by atoms with Gasteiger partial charge in [-0.25, -0.2) is 0 Å². The van der Waals surface area contributed by atoms with Crippen molar-refractivity contribution in [1.29, 1.82) is 0 Å².